The summed E-state index contributed by atoms with van der Waals surface area (Å²) in [6.07, 6.45) is 0.891. The lowest BCUT2D eigenvalue weighted by atomic mass is 9.70. The number of aliphatic hydroxyl groups is 2. The molecule has 0 spiro atoms. The van der Waals surface area contributed by atoms with Gasteiger partial charge in [-0.15, -0.1) is 0 Å². The van der Waals surface area contributed by atoms with Gasteiger partial charge in [-0.2, -0.15) is 0 Å². The minimum Gasteiger partial charge on any atom is -0.497 e. The second-order valence-electron chi connectivity index (χ2n) is 5.54. The van der Waals surface area contributed by atoms with Crippen molar-refractivity contribution in [3.63, 3.8) is 0 Å². The fourth-order valence-corrected chi connectivity index (χ4v) is 2.98. The SMILES string of the molecule is CCC(O)(CC)C(O)(c1ccccc1)c1ccc(OC)cc1. The molecular formula is C19H24O3. The van der Waals surface area contributed by atoms with Crippen LogP contribution in [-0.2, 0) is 5.60 Å². The first kappa shape index (κ1) is 16.5. The summed E-state index contributed by atoms with van der Waals surface area (Å²) >= 11 is 0. The minimum absolute atomic E-state index is 0.445. The summed E-state index contributed by atoms with van der Waals surface area (Å²) in [5.41, 5.74) is -1.37. The lowest BCUT2D eigenvalue weighted by molar-refractivity contribution is -0.137. The molecule has 0 aliphatic rings. The van der Waals surface area contributed by atoms with Gasteiger partial charge in [0.2, 0.25) is 0 Å². The van der Waals surface area contributed by atoms with E-state index in [-0.39, 0.29) is 0 Å². The molecule has 0 aliphatic carbocycles. The third kappa shape index (κ3) is 2.62. The molecule has 1 unspecified atom stereocenters. The van der Waals surface area contributed by atoms with Gasteiger partial charge < -0.3 is 14.9 Å². The van der Waals surface area contributed by atoms with Crippen LogP contribution < -0.4 is 4.74 Å². The monoisotopic (exact) mass is 300 g/mol. The van der Waals surface area contributed by atoms with Crippen LogP contribution >= 0.6 is 0 Å². The standard InChI is InChI=1S/C19H24O3/c1-4-18(20,5-2)19(21,15-9-7-6-8-10-15)16-11-13-17(22-3)14-12-16/h6-14,20-21H,4-5H2,1-3H3. The van der Waals surface area contributed by atoms with Crippen LogP contribution in [0.25, 0.3) is 0 Å². The van der Waals surface area contributed by atoms with Crippen molar-refractivity contribution in [3.8, 4) is 5.75 Å². The Morgan fingerprint density at radius 3 is 1.77 bits per heavy atom. The Hall–Kier alpha value is -1.84. The van der Waals surface area contributed by atoms with Crippen LogP contribution in [0.1, 0.15) is 37.8 Å². The smallest absolute Gasteiger partial charge is 0.143 e. The first-order valence-corrected chi connectivity index (χ1v) is 7.66. The van der Waals surface area contributed by atoms with E-state index in [0.717, 1.165) is 5.75 Å². The normalized spacial score (nSPS) is 14.4. The predicted octanol–water partition coefficient (Wildman–Crippen LogP) is 3.48. The highest BCUT2D eigenvalue weighted by molar-refractivity contribution is 5.42. The summed E-state index contributed by atoms with van der Waals surface area (Å²) < 4.78 is 5.18. The molecule has 3 heteroatoms. The average molecular weight is 300 g/mol. The van der Waals surface area contributed by atoms with Crippen LogP contribution in [0.4, 0.5) is 0 Å². The number of hydrogen-bond donors (Lipinski definition) is 2. The predicted molar refractivity (Wildman–Crippen MR) is 88.0 cm³/mol. The number of ether oxygens (including phenoxy) is 1. The van der Waals surface area contributed by atoms with Gasteiger partial charge in [-0.1, -0.05) is 56.3 Å². The Morgan fingerprint density at radius 2 is 1.32 bits per heavy atom. The van der Waals surface area contributed by atoms with Gasteiger partial charge in [0.05, 0.1) is 7.11 Å². The van der Waals surface area contributed by atoms with E-state index in [2.05, 4.69) is 0 Å². The fraction of sp³-hybridized carbons (Fsp3) is 0.368. The quantitative estimate of drug-likeness (QED) is 0.858. The van der Waals surface area contributed by atoms with Crippen LogP contribution in [0.5, 0.6) is 5.75 Å². The van der Waals surface area contributed by atoms with E-state index in [1.54, 1.807) is 19.2 Å². The van der Waals surface area contributed by atoms with Gasteiger partial charge in [0.25, 0.3) is 0 Å². The maximum absolute atomic E-state index is 11.5. The van der Waals surface area contributed by atoms with Crippen molar-refractivity contribution >= 4 is 0 Å². The van der Waals surface area contributed by atoms with Gasteiger partial charge >= 0.3 is 0 Å². The van der Waals surface area contributed by atoms with E-state index < -0.39 is 11.2 Å². The third-order valence-electron chi connectivity index (χ3n) is 4.54. The maximum atomic E-state index is 11.5. The third-order valence-corrected chi connectivity index (χ3v) is 4.54. The number of hydrogen-bond acceptors (Lipinski definition) is 3. The summed E-state index contributed by atoms with van der Waals surface area (Å²) in [6, 6.07) is 16.6. The minimum atomic E-state index is -1.47. The maximum Gasteiger partial charge on any atom is 0.143 e. The van der Waals surface area contributed by atoms with Gasteiger partial charge in [-0.25, -0.2) is 0 Å². The van der Waals surface area contributed by atoms with Crippen molar-refractivity contribution in [2.45, 2.75) is 37.9 Å². The van der Waals surface area contributed by atoms with E-state index >= 15 is 0 Å². The highest BCUT2D eigenvalue weighted by Crippen LogP contribution is 2.43. The molecule has 0 radical (unpaired) electrons. The Bertz CT molecular complexity index is 588. The van der Waals surface area contributed by atoms with Crippen LogP contribution in [0.3, 0.4) is 0 Å². The first-order valence-electron chi connectivity index (χ1n) is 7.66. The summed E-state index contributed by atoms with van der Waals surface area (Å²) in [6.45, 7) is 3.78. The molecule has 2 aromatic carbocycles. The van der Waals surface area contributed by atoms with Gasteiger partial charge in [0.1, 0.15) is 17.0 Å². The van der Waals surface area contributed by atoms with Crippen molar-refractivity contribution in [2.75, 3.05) is 7.11 Å². The second kappa shape index (κ2) is 6.51. The second-order valence-corrected chi connectivity index (χ2v) is 5.54. The molecule has 3 nitrogen and oxygen atoms in total. The van der Waals surface area contributed by atoms with Crippen molar-refractivity contribution in [1.82, 2.24) is 0 Å². The van der Waals surface area contributed by atoms with Crippen LogP contribution in [0.15, 0.2) is 54.6 Å². The molecule has 0 aromatic heterocycles. The van der Waals surface area contributed by atoms with E-state index in [0.29, 0.717) is 24.0 Å². The van der Waals surface area contributed by atoms with Gasteiger partial charge in [0.15, 0.2) is 0 Å². The van der Waals surface area contributed by atoms with Crippen molar-refractivity contribution in [2.24, 2.45) is 0 Å². The highest BCUT2D eigenvalue weighted by atomic mass is 16.5. The number of rotatable bonds is 6. The molecule has 0 bridgehead atoms. The van der Waals surface area contributed by atoms with Crippen molar-refractivity contribution in [3.05, 3.63) is 65.7 Å². The van der Waals surface area contributed by atoms with Crippen molar-refractivity contribution in [1.29, 1.82) is 0 Å². The largest absolute Gasteiger partial charge is 0.497 e. The topological polar surface area (TPSA) is 49.7 Å². The zero-order valence-electron chi connectivity index (χ0n) is 13.4. The molecule has 0 amide bonds. The van der Waals surface area contributed by atoms with Gasteiger partial charge in [-0.3, -0.25) is 0 Å². The highest BCUT2D eigenvalue weighted by Gasteiger charge is 2.49. The molecule has 0 aliphatic heterocycles. The molecule has 2 N–H and O–H groups in total. The van der Waals surface area contributed by atoms with Gasteiger partial charge in [0, 0.05) is 0 Å². The number of benzene rings is 2. The summed E-state index contributed by atoms with van der Waals surface area (Å²) in [5.74, 6) is 0.718. The van der Waals surface area contributed by atoms with Crippen LogP contribution in [0.2, 0.25) is 0 Å². The van der Waals surface area contributed by atoms with Gasteiger partial charge in [-0.05, 0) is 36.1 Å². The zero-order valence-corrected chi connectivity index (χ0v) is 13.4. The Labute approximate surface area is 132 Å². The summed E-state index contributed by atoms with van der Waals surface area (Å²) in [7, 11) is 1.60. The van der Waals surface area contributed by atoms with Crippen molar-refractivity contribution < 1.29 is 14.9 Å². The van der Waals surface area contributed by atoms with E-state index in [1.165, 1.54) is 0 Å². The molecule has 118 valence electrons. The fourth-order valence-electron chi connectivity index (χ4n) is 2.98. The molecule has 2 rings (SSSR count). The Kier molecular flexibility index (Phi) is 4.89. The van der Waals surface area contributed by atoms with Crippen LogP contribution in [-0.4, -0.2) is 22.9 Å². The molecule has 0 saturated carbocycles. The molecule has 0 heterocycles. The summed E-state index contributed by atoms with van der Waals surface area (Å²) in [5, 5.41) is 22.6. The average Bonchev–Trinajstić information content (AvgIpc) is 2.61. The zero-order chi connectivity index (χ0) is 16.2. The molecule has 0 fully saturated rings. The Morgan fingerprint density at radius 1 is 0.818 bits per heavy atom. The van der Waals surface area contributed by atoms with Crippen LogP contribution in [0, 0.1) is 0 Å². The molecule has 2 aromatic rings. The molecule has 0 saturated heterocycles. The lowest BCUT2D eigenvalue weighted by Gasteiger charge is -2.43. The molecule has 1 atom stereocenters. The lowest BCUT2D eigenvalue weighted by Crippen LogP contribution is -2.51. The summed E-state index contributed by atoms with van der Waals surface area (Å²) in [4.78, 5) is 0. The first-order chi connectivity index (χ1) is 10.5. The van der Waals surface area contributed by atoms with E-state index in [4.69, 9.17) is 4.74 Å². The molecular weight excluding hydrogens is 276 g/mol. The molecule has 22 heavy (non-hydrogen) atoms. The number of methoxy groups -OCH3 is 1. The van der Waals surface area contributed by atoms with E-state index in [9.17, 15) is 10.2 Å². The van der Waals surface area contributed by atoms with E-state index in [1.807, 2.05) is 56.3 Å². The Balaban J connectivity index is 2.64.